The van der Waals surface area contributed by atoms with Crippen LogP contribution in [0.4, 0.5) is 0 Å². The Morgan fingerprint density at radius 2 is 1.81 bits per heavy atom. The number of hydrogen-bond donors (Lipinski definition) is 2. The quantitative estimate of drug-likeness (QED) is 0.758. The predicted octanol–water partition coefficient (Wildman–Crippen LogP) is 2.72. The number of aromatic hydroxyl groups is 1. The predicted molar refractivity (Wildman–Crippen MR) is 83.8 cm³/mol. The lowest BCUT2D eigenvalue weighted by atomic mass is 10.1. The van der Waals surface area contributed by atoms with Gasteiger partial charge in [-0.2, -0.15) is 0 Å². The lowest BCUT2D eigenvalue weighted by molar-refractivity contribution is 0.481. The molecule has 1 aromatic heterocycles. The van der Waals surface area contributed by atoms with Crippen LogP contribution in [0, 0.1) is 0 Å². The van der Waals surface area contributed by atoms with E-state index in [-0.39, 0.29) is 17.4 Å². The molecule has 106 valence electrons. The fourth-order valence-electron chi connectivity index (χ4n) is 2.54. The fourth-order valence-corrected chi connectivity index (χ4v) is 2.54. The Bertz CT molecular complexity index is 852. The van der Waals surface area contributed by atoms with E-state index < -0.39 is 0 Å². The number of hydrogen-bond acceptors (Lipinski definition) is 3. The van der Waals surface area contributed by atoms with Crippen molar-refractivity contribution in [2.24, 2.45) is 5.73 Å². The van der Waals surface area contributed by atoms with Crippen molar-refractivity contribution in [3.05, 3.63) is 70.6 Å². The van der Waals surface area contributed by atoms with Crippen molar-refractivity contribution in [3.8, 4) is 11.4 Å². The van der Waals surface area contributed by atoms with Crippen molar-refractivity contribution in [3.63, 3.8) is 0 Å². The molecule has 0 aliphatic rings. The first kappa shape index (κ1) is 13.4. The van der Waals surface area contributed by atoms with Crippen molar-refractivity contribution in [2.45, 2.75) is 13.0 Å². The lowest BCUT2D eigenvalue weighted by Crippen LogP contribution is -2.25. The summed E-state index contributed by atoms with van der Waals surface area (Å²) >= 11 is 0. The van der Waals surface area contributed by atoms with Crippen molar-refractivity contribution < 1.29 is 5.11 Å². The zero-order chi connectivity index (χ0) is 15.0. The van der Waals surface area contributed by atoms with Gasteiger partial charge in [-0.1, -0.05) is 30.3 Å². The Labute approximate surface area is 122 Å². The fraction of sp³-hybridized carbons (Fsp3) is 0.118. The van der Waals surface area contributed by atoms with E-state index in [1.54, 1.807) is 16.7 Å². The van der Waals surface area contributed by atoms with Gasteiger partial charge in [0.2, 0.25) is 0 Å². The molecular formula is C17H16N2O2. The second-order valence-corrected chi connectivity index (χ2v) is 5.08. The minimum Gasteiger partial charge on any atom is -0.507 e. The first-order valence-corrected chi connectivity index (χ1v) is 6.78. The SMILES string of the molecule is C[C@H](N)c1cc2cccc(O)c2c(=O)n1-c1ccccc1. The van der Waals surface area contributed by atoms with Gasteiger partial charge in [-0.15, -0.1) is 0 Å². The number of phenols is 1. The summed E-state index contributed by atoms with van der Waals surface area (Å²) in [5, 5.41) is 11.0. The van der Waals surface area contributed by atoms with Gasteiger partial charge >= 0.3 is 0 Å². The molecule has 21 heavy (non-hydrogen) atoms. The largest absolute Gasteiger partial charge is 0.507 e. The molecule has 3 N–H and O–H groups in total. The van der Waals surface area contributed by atoms with E-state index in [0.717, 1.165) is 5.69 Å². The maximum atomic E-state index is 12.8. The van der Waals surface area contributed by atoms with Gasteiger partial charge in [0.05, 0.1) is 5.39 Å². The number of rotatable bonds is 2. The third-order valence-electron chi connectivity index (χ3n) is 3.53. The monoisotopic (exact) mass is 280 g/mol. The highest BCUT2D eigenvalue weighted by molar-refractivity contribution is 5.88. The minimum atomic E-state index is -0.301. The van der Waals surface area contributed by atoms with Crippen LogP contribution < -0.4 is 11.3 Å². The molecule has 0 amide bonds. The molecule has 2 aromatic carbocycles. The Hall–Kier alpha value is -2.59. The van der Waals surface area contributed by atoms with Crippen molar-refractivity contribution in [2.75, 3.05) is 0 Å². The molecular weight excluding hydrogens is 264 g/mol. The van der Waals surface area contributed by atoms with Crippen LogP contribution in [0.15, 0.2) is 59.4 Å². The van der Waals surface area contributed by atoms with Gasteiger partial charge in [-0.25, -0.2) is 0 Å². The first-order chi connectivity index (χ1) is 10.1. The van der Waals surface area contributed by atoms with Crippen LogP contribution in [0.25, 0.3) is 16.5 Å². The summed E-state index contributed by atoms with van der Waals surface area (Å²) in [6.07, 6.45) is 0. The highest BCUT2D eigenvalue weighted by Gasteiger charge is 2.15. The highest BCUT2D eigenvalue weighted by Crippen LogP contribution is 2.25. The Morgan fingerprint density at radius 1 is 1.10 bits per heavy atom. The van der Waals surface area contributed by atoms with Gasteiger partial charge in [0.15, 0.2) is 0 Å². The van der Waals surface area contributed by atoms with Gasteiger partial charge in [-0.3, -0.25) is 9.36 Å². The zero-order valence-electron chi connectivity index (χ0n) is 11.7. The number of nitrogens with two attached hydrogens (primary N) is 1. The highest BCUT2D eigenvalue weighted by atomic mass is 16.3. The number of phenolic OH excluding ortho intramolecular Hbond substituents is 1. The smallest absolute Gasteiger partial charge is 0.267 e. The Balaban J connectivity index is 2.47. The van der Waals surface area contributed by atoms with Crippen LogP contribution in [0.3, 0.4) is 0 Å². The molecule has 4 nitrogen and oxygen atoms in total. The molecule has 0 aliphatic heterocycles. The summed E-state index contributed by atoms with van der Waals surface area (Å²) < 4.78 is 1.56. The lowest BCUT2D eigenvalue weighted by Gasteiger charge is -2.17. The molecule has 3 rings (SSSR count). The van der Waals surface area contributed by atoms with Crippen molar-refractivity contribution in [1.82, 2.24) is 4.57 Å². The number of nitrogens with zero attached hydrogens (tertiary/aromatic N) is 1. The normalized spacial score (nSPS) is 12.5. The minimum absolute atomic E-state index is 0.0154. The number of pyridine rings is 1. The average molecular weight is 280 g/mol. The summed E-state index contributed by atoms with van der Waals surface area (Å²) in [6.45, 7) is 1.84. The molecule has 1 heterocycles. The summed E-state index contributed by atoms with van der Waals surface area (Å²) in [6, 6.07) is 15.9. The third-order valence-corrected chi connectivity index (χ3v) is 3.53. The van der Waals surface area contributed by atoms with Crippen LogP contribution in [0.5, 0.6) is 5.75 Å². The molecule has 1 atom stereocenters. The van der Waals surface area contributed by atoms with E-state index in [9.17, 15) is 9.90 Å². The van der Waals surface area contributed by atoms with Crippen LogP contribution in [0.1, 0.15) is 18.7 Å². The summed E-state index contributed by atoms with van der Waals surface area (Å²) in [4.78, 5) is 12.8. The van der Waals surface area contributed by atoms with Gasteiger partial charge < -0.3 is 10.8 Å². The molecule has 4 heteroatoms. The first-order valence-electron chi connectivity index (χ1n) is 6.78. The summed E-state index contributed by atoms with van der Waals surface area (Å²) in [7, 11) is 0. The molecule has 0 fully saturated rings. The van der Waals surface area contributed by atoms with E-state index >= 15 is 0 Å². The standard InChI is InChI=1S/C17H16N2O2/c1-11(18)14-10-12-6-5-9-15(20)16(12)17(21)19(14)13-7-3-2-4-8-13/h2-11,20H,18H2,1H3/t11-/m0/s1. The van der Waals surface area contributed by atoms with Crippen LogP contribution in [-0.4, -0.2) is 9.67 Å². The second kappa shape index (κ2) is 5.07. The van der Waals surface area contributed by atoms with E-state index in [1.807, 2.05) is 43.3 Å². The Kier molecular flexibility index (Phi) is 3.23. The number of benzene rings is 2. The molecule has 0 saturated carbocycles. The molecule has 0 spiro atoms. The maximum absolute atomic E-state index is 12.8. The summed E-state index contributed by atoms with van der Waals surface area (Å²) in [5.41, 5.74) is 7.22. The molecule has 0 aliphatic carbocycles. The Morgan fingerprint density at radius 3 is 2.48 bits per heavy atom. The molecule has 0 saturated heterocycles. The number of para-hydroxylation sites is 1. The van der Waals surface area contributed by atoms with Crippen LogP contribution in [0.2, 0.25) is 0 Å². The number of aromatic nitrogens is 1. The molecule has 0 unspecified atom stereocenters. The third kappa shape index (κ3) is 2.19. The van der Waals surface area contributed by atoms with Crippen molar-refractivity contribution in [1.29, 1.82) is 0 Å². The van der Waals surface area contributed by atoms with E-state index in [4.69, 9.17) is 5.73 Å². The van der Waals surface area contributed by atoms with Gasteiger partial charge in [0.1, 0.15) is 5.75 Å². The maximum Gasteiger partial charge on any atom is 0.267 e. The van der Waals surface area contributed by atoms with Gasteiger partial charge in [0.25, 0.3) is 5.56 Å². The molecule has 3 aromatic rings. The zero-order valence-corrected chi connectivity index (χ0v) is 11.7. The second-order valence-electron chi connectivity index (χ2n) is 5.08. The molecule has 0 radical (unpaired) electrons. The van der Waals surface area contributed by atoms with Crippen LogP contribution in [-0.2, 0) is 0 Å². The van der Waals surface area contributed by atoms with Crippen molar-refractivity contribution >= 4 is 10.8 Å². The molecule has 0 bridgehead atoms. The van der Waals surface area contributed by atoms with E-state index in [1.165, 1.54) is 6.07 Å². The van der Waals surface area contributed by atoms with Gasteiger partial charge in [-0.05, 0) is 36.6 Å². The number of fused-ring (bicyclic) bond motifs is 1. The van der Waals surface area contributed by atoms with Gasteiger partial charge in [0, 0.05) is 17.4 Å². The van der Waals surface area contributed by atoms with Crippen LogP contribution >= 0.6 is 0 Å². The van der Waals surface area contributed by atoms with E-state index in [0.29, 0.717) is 16.5 Å². The topological polar surface area (TPSA) is 68.2 Å². The average Bonchev–Trinajstić information content (AvgIpc) is 2.47. The summed E-state index contributed by atoms with van der Waals surface area (Å²) in [5.74, 6) is -0.0154. The van der Waals surface area contributed by atoms with E-state index in [2.05, 4.69) is 0 Å².